The van der Waals surface area contributed by atoms with Crippen molar-refractivity contribution in [2.45, 2.75) is 135 Å². The number of esters is 1. The maximum absolute atomic E-state index is 12.7. The Morgan fingerprint density at radius 1 is 1.02 bits per heavy atom. The molecule has 0 radical (unpaired) electrons. The van der Waals surface area contributed by atoms with Crippen LogP contribution in [0.15, 0.2) is 60.2 Å². The Hall–Kier alpha value is -4.65. The molecule has 334 valence electrons. The molecule has 9 N–H and O–H groups in total. The molecule has 17 nitrogen and oxygen atoms in total. The van der Waals surface area contributed by atoms with E-state index in [-0.39, 0.29) is 74.1 Å². The van der Waals surface area contributed by atoms with E-state index < -0.39 is 42.5 Å². The Morgan fingerprint density at radius 3 is 2.38 bits per heavy atom. The SMILES string of the molecule is CC(=O)OC(C)C=CC(=O)NC1CC(C)C(CC=C(C)C=CC(OC(C)CC(=O)NCCNC(=O)OCc2ccc(NC(=O)C(N)CCCN)cc2)C(O)C2CO2)OC1C. The smallest absolute Gasteiger partial charge is 0.407 e. The molecular weight excluding hydrogens is 777 g/mol. The minimum Gasteiger partial charge on any atom is -0.459 e. The van der Waals surface area contributed by atoms with Gasteiger partial charge in [-0.2, -0.15) is 0 Å². The number of ether oxygens (including phenoxy) is 5. The van der Waals surface area contributed by atoms with Gasteiger partial charge in [-0.15, -0.1) is 0 Å². The van der Waals surface area contributed by atoms with Crippen LogP contribution in [0.5, 0.6) is 0 Å². The number of hydrogen-bond acceptors (Lipinski definition) is 13. The first-order valence-electron chi connectivity index (χ1n) is 20.7. The van der Waals surface area contributed by atoms with Crippen LogP contribution in [-0.2, 0) is 49.5 Å². The number of anilines is 1. The molecule has 2 aliphatic rings. The predicted octanol–water partition coefficient (Wildman–Crippen LogP) is 2.66. The summed E-state index contributed by atoms with van der Waals surface area (Å²) in [7, 11) is 0. The van der Waals surface area contributed by atoms with Crippen molar-refractivity contribution in [2.75, 3.05) is 31.6 Å². The molecule has 10 atom stereocenters. The highest BCUT2D eigenvalue weighted by Gasteiger charge is 2.37. The summed E-state index contributed by atoms with van der Waals surface area (Å²) in [5.74, 6) is -1.11. The third-order valence-corrected chi connectivity index (χ3v) is 9.94. The highest BCUT2D eigenvalue weighted by atomic mass is 16.6. The van der Waals surface area contributed by atoms with Gasteiger partial charge in [-0.3, -0.25) is 19.2 Å². The van der Waals surface area contributed by atoms with Gasteiger partial charge < -0.3 is 61.5 Å². The molecule has 3 rings (SSSR count). The fourth-order valence-corrected chi connectivity index (χ4v) is 6.39. The zero-order valence-electron chi connectivity index (χ0n) is 35.7. The van der Waals surface area contributed by atoms with Gasteiger partial charge >= 0.3 is 12.1 Å². The molecule has 1 aromatic rings. The third kappa shape index (κ3) is 19.2. The number of amides is 4. The van der Waals surface area contributed by atoms with Gasteiger partial charge in [0.2, 0.25) is 17.7 Å². The lowest BCUT2D eigenvalue weighted by Gasteiger charge is -2.39. The van der Waals surface area contributed by atoms with Crippen LogP contribution in [-0.4, -0.2) is 116 Å². The number of epoxide rings is 1. The first-order valence-corrected chi connectivity index (χ1v) is 20.7. The number of aliphatic hydroxyl groups is 1. The number of allylic oxidation sites excluding steroid dienone is 2. The molecule has 2 saturated heterocycles. The first-order chi connectivity index (χ1) is 28.5. The van der Waals surface area contributed by atoms with Crippen molar-refractivity contribution >= 4 is 35.5 Å². The second kappa shape index (κ2) is 25.9. The maximum atomic E-state index is 12.7. The van der Waals surface area contributed by atoms with Crippen LogP contribution >= 0.6 is 0 Å². The molecule has 0 spiro atoms. The molecule has 0 aliphatic carbocycles. The minimum atomic E-state index is -0.918. The third-order valence-electron chi connectivity index (χ3n) is 9.94. The molecule has 2 fully saturated rings. The van der Waals surface area contributed by atoms with E-state index in [1.807, 2.05) is 19.9 Å². The van der Waals surface area contributed by atoms with E-state index in [2.05, 4.69) is 34.3 Å². The van der Waals surface area contributed by atoms with Crippen LogP contribution in [0.3, 0.4) is 0 Å². The number of nitrogens with two attached hydrogens (primary N) is 2. The summed E-state index contributed by atoms with van der Waals surface area (Å²) in [4.78, 5) is 60.6. The van der Waals surface area contributed by atoms with Crippen molar-refractivity contribution in [3.05, 3.63) is 65.8 Å². The number of aliphatic hydroxyl groups excluding tert-OH is 1. The van der Waals surface area contributed by atoms with Crippen molar-refractivity contribution in [1.29, 1.82) is 0 Å². The average molecular weight is 843 g/mol. The number of carbonyl (C=O) groups is 5. The van der Waals surface area contributed by atoms with Crippen LogP contribution in [0.1, 0.15) is 79.2 Å². The molecule has 0 aromatic heterocycles. The van der Waals surface area contributed by atoms with Gasteiger partial charge in [-0.05, 0) is 89.6 Å². The number of carbonyl (C=O) groups excluding carboxylic acids is 5. The van der Waals surface area contributed by atoms with E-state index in [9.17, 15) is 29.1 Å². The molecule has 2 aliphatic heterocycles. The predicted molar refractivity (Wildman–Crippen MR) is 225 cm³/mol. The van der Waals surface area contributed by atoms with Crippen LogP contribution in [0.25, 0.3) is 0 Å². The van der Waals surface area contributed by atoms with Crippen molar-refractivity contribution in [1.82, 2.24) is 16.0 Å². The average Bonchev–Trinajstić information content (AvgIpc) is 4.05. The molecule has 60 heavy (non-hydrogen) atoms. The molecule has 2 heterocycles. The van der Waals surface area contributed by atoms with Crippen molar-refractivity contribution in [3.63, 3.8) is 0 Å². The van der Waals surface area contributed by atoms with E-state index in [0.717, 1.165) is 12.0 Å². The maximum Gasteiger partial charge on any atom is 0.407 e. The Kier molecular flexibility index (Phi) is 21.4. The molecule has 10 unspecified atom stereocenters. The van der Waals surface area contributed by atoms with E-state index >= 15 is 0 Å². The highest BCUT2D eigenvalue weighted by molar-refractivity contribution is 5.94. The lowest BCUT2D eigenvalue weighted by Crippen LogP contribution is -2.50. The standard InChI is InChI=1S/C43H66N6O11/c1-26(9-16-36-27(2)22-35(30(5)60-36)49-39(51)18-11-28(3)58-31(6)50)10-17-37(41(53)38-25-56-38)59-29(4)23-40(52)46-20-21-47-43(55)57-24-32-12-14-33(15-13-32)48-42(54)34(45)8-7-19-44/h9-15,17-18,27-30,34-38,41,53H,7-8,16,19-25,44-45H2,1-6H3,(H,46,52)(H,47,55)(H,48,54)(H,49,51). The largest absolute Gasteiger partial charge is 0.459 e. The monoisotopic (exact) mass is 842 g/mol. The Labute approximate surface area is 353 Å². The number of rotatable bonds is 24. The van der Waals surface area contributed by atoms with E-state index in [0.29, 0.717) is 43.7 Å². The van der Waals surface area contributed by atoms with Gasteiger partial charge in [-0.1, -0.05) is 42.9 Å². The van der Waals surface area contributed by atoms with Crippen LogP contribution in [0.4, 0.5) is 10.5 Å². The minimum absolute atomic E-state index is 0.0113. The zero-order valence-corrected chi connectivity index (χ0v) is 35.7. The summed E-state index contributed by atoms with van der Waals surface area (Å²) >= 11 is 0. The molecule has 0 saturated carbocycles. The zero-order chi connectivity index (χ0) is 44.2. The normalized spacial score (nSPS) is 22.9. The summed E-state index contributed by atoms with van der Waals surface area (Å²) in [6.07, 6.45) is 7.22. The molecular formula is C43H66N6O11. The van der Waals surface area contributed by atoms with Crippen molar-refractivity contribution in [2.24, 2.45) is 17.4 Å². The topological polar surface area (TPSA) is 255 Å². The molecule has 0 bridgehead atoms. The molecule has 17 heteroatoms. The van der Waals surface area contributed by atoms with Gasteiger partial charge in [0.25, 0.3) is 0 Å². The fourth-order valence-electron chi connectivity index (χ4n) is 6.39. The Morgan fingerprint density at radius 2 is 1.72 bits per heavy atom. The number of hydrogen-bond donors (Lipinski definition) is 7. The summed E-state index contributed by atoms with van der Waals surface area (Å²) in [5.41, 5.74) is 13.6. The van der Waals surface area contributed by atoms with Gasteiger partial charge in [0, 0.05) is 31.8 Å². The van der Waals surface area contributed by atoms with Gasteiger partial charge in [0.1, 0.15) is 31.0 Å². The molecule has 1 aromatic carbocycles. The Bertz CT molecular complexity index is 1630. The van der Waals surface area contributed by atoms with Gasteiger partial charge in [-0.25, -0.2) is 4.79 Å². The van der Waals surface area contributed by atoms with Gasteiger partial charge in [0.05, 0.1) is 43.4 Å². The number of alkyl carbamates (subject to hydrolysis) is 1. The summed E-state index contributed by atoms with van der Waals surface area (Å²) in [5, 5.41) is 22.0. The second-order valence-electron chi connectivity index (χ2n) is 15.5. The Balaban J connectivity index is 1.37. The lowest BCUT2D eigenvalue weighted by atomic mass is 9.88. The van der Waals surface area contributed by atoms with Crippen molar-refractivity contribution < 1.29 is 52.8 Å². The second-order valence-corrected chi connectivity index (χ2v) is 15.5. The van der Waals surface area contributed by atoms with Crippen LogP contribution in [0, 0.1) is 5.92 Å². The number of benzene rings is 1. The fraction of sp³-hybridized carbons (Fsp3) is 0.605. The number of nitrogens with one attached hydrogen (secondary N) is 4. The van der Waals surface area contributed by atoms with Gasteiger partial charge in [0.15, 0.2) is 0 Å². The molecule has 4 amide bonds. The summed E-state index contributed by atoms with van der Waals surface area (Å²) in [6, 6.07) is 6.02. The van der Waals surface area contributed by atoms with E-state index in [4.69, 9.17) is 35.2 Å². The quantitative estimate of drug-likeness (QED) is 0.0260. The van der Waals surface area contributed by atoms with Crippen molar-refractivity contribution in [3.8, 4) is 0 Å². The van der Waals surface area contributed by atoms with Crippen LogP contribution in [0.2, 0.25) is 0 Å². The lowest BCUT2D eigenvalue weighted by molar-refractivity contribution is -0.143. The summed E-state index contributed by atoms with van der Waals surface area (Å²) < 4.78 is 28.0. The van der Waals surface area contributed by atoms with E-state index in [1.54, 1.807) is 44.2 Å². The van der Waals surface area contributed by atoms with E-state index in [1.165, 1.54) is 19.1 Å². The summed E-state index contributed by atoms with van der Waals surface area (Å²) in [6.45, 7) is 11.9. The first kappa shape index (κ1) is 49.7. The van der Waals surface area contributed by atoms with Crippen LogP contribution < -0.4 is 32.7 Å². The highest BCUT2D eigenvalue weighted by Crippen LogP contribution is 2.28.